The highest BCUT2D eigenvalue weighted by Crippen LogP contribution is 2.26. The molecule has 0 bridgehead atoms. The van der Waals surface area contributed by atoms with Gasteiger partial charge in [0.2, 0.25) is 5.91 Å². The third-order valence-electron chi connectivity index (χ3n) is 2.56. The van der Waals surface area contributed by atoms with Crippen molar-refractivity contribution in [2.45, 2.75) is 25.4 Å². The van der Waals surface area contributed by atoms with Crippen LogP contribution in [0.4, 0.5) is 0 Å². The summed E-state index contributed by atoms with van der Waals surface area (Å²) in [5.74, 6) is -0.988. The molecule has 1 aliphatic heterocycles. The maximum Gasteiger partial charge on any atom is 0.326 e. The molecule has 16 heavy (non-hydrogen) atoms. The van der Waals surface area contributed by atoms with E-state index in [0.29, 0.717) is 19.4 Å². The molecule has 1 aliphatic rings. The molecule has 0 saturated carbocycles. The van der Waals surface area contributed by atoms with Crippen molar-refractivity contribution < 1.29 is 14.7 Å². The Morgan fingerprint density at radius 2 is 2.44 bits per heavy atom. The lowest BCUT2D eigenvalue weighted by Crippen LogP contribution is -2.37. The number of carbonyl (C=O) groups is 2. The van der Waals surface area contributed by atoms with Gasteiger partial charge in [-0.2, -0.15) is 0 Å². The Bertz CT molecular complexity index is 431. The summed E-state index contributed by atoms with van der Waals surface area (Å²) in [7, 11) is 0. The topological polar surface area (TPSA) is 57.6 Å². The summed E-state index contributed by atoms with van der Waals surface area (Å²) in [5, 5.41) is 10.9. The Kier molecular flexibility index (Phi) is 3.30. The van der Waals surface area contributed by atoms with E-state index >= 15 is 0 Å². The van der Waals surface area contributed by atoms with Crippen molar-refractivity contribution in [2.24, 2.45) is 0 Å². The second-order valence-corrected chi connectivity index (χ2v) is 5.56. The van der Waals surface area contributed by atoms with E-state index < -0.39 is 12.0 Å². The summed E-state index contributed by atoms with van der Waals surface area (Å²) in [6.07, 6.45) is 0.754. The van der Waals surface area contributed by atoms with Crippen molar-refractivity contribution >= 4 is 39.1 Å². The predicted octanol–water partition coefficient (Wildman–Crippen LogP) is 2.09. The van der Waals surface area contributed by atoms with Crippen LogP contribution in [0.15, 0.2) is 15.9 Å². The SMILES string of the molecule is O=C(O)C1CCC(=O)N1Cc1cc(Br)cs1. The molecule has 0 radical (unpaired) electrons. The number of carboxylic acid groups (broad SMARTS) is 1. The van der Waals surface area contributed by atoms with E-state index in [2.05, 4.69) is 15.9 Å². The van der Waals surface area contributed by atoms with Gasteiger partial charge in [-0.1, -0.05) is 0 Å². The van der Waals surface area contributed by atoms with Gasteiger partial charge in [0.1, 0.15) is 6.04 Å². The third kappa shape index (κ3) is 2.27. The number of hydrogen-bond donors (Lipinski definition) is 1. The number of likely N-dealkylation sites (tertiary alicyclic amines) is 1. The number of thiophene rings is 1. The molecule has 1 aromatic rings. The maximum absolute atomic E-state index is 11.6. The van der Waals surface area contributed by atoms with Gasteiger partial charge in [0.25, 0.3) is 0 Å². The molecule has 1 amide bonds. The van der Waals surface area contributed by atoms with Gasteiger partial charge >= 0.3 is 5.97 Å². The number of carboxylic acids is 1. The first-order valence-corrected chi connectivity index (χ1v) is 6.50. The van der Waals surface area contributed by atoms with Crippen LogP contribution in [0.3, 0.4) is 0 Å². The standard InChI is InChI=1S/C10H10BrNO3S/c11-6-3-7(16-5-6)4-12-8(10(14)15)1-2-9(12)13/h3,5,8H,1-2,4H2,(H,14,15). The zero-order valence-electron chi connectivity index (χ0n) is 8.35. The zero-order valence-corrected chi connectivity index (χ0v) is 10.8. The number of rotatable bonds is 3. The first kappa shape index (κ1) is 11.6. The molecule has 0 spiro atoms. The second-order valence-electron chi connectivity index (χ2n) is 3.65. The fraction of sp³-hybridized carbons (Fsp3) is 0.400. The highest BCUT2D eigenvalue weighted by atomic mass is 79.9. The number of hydrogen-bond acceptors (Lipinski definition) is 3. The van der Waals surface area contributed by atoms with Crippen LogP contribution in [0, 0.1) is 0 Å². The summed E-state index contributed by atoms with van der Waals surface area (Å²) in [6.45, 7) is 0.395. The Morgan fingerprint density at radius 3 is 3.00 bits per heavy atom. The molecule has 2 rings (SSSR count). The van der Waals surface area contributed by atoms with E-state index in [1.165, 1.54) is 16.2 Å². The van der Waals surface area contributed by atoms with Crippen LogP contribution in [0.1, 0.15) is 17.7 Å². The molecule has 86 valence electrons. The van der Waals surface area contributed by atoms with Crippen molar-refractivity contribution in [3.63, 3.8) is 0 Å². The first-order valence-electron chi connectivity index (χ1n) is 4.83. The fourth-order valence-corrected chi connectivity index (χ4v) is 3.24. The number of nitrogens with zero attached hydrogens (tertiary/aromatic N) is 1. The Hall–Kier alpha value is -0.880. The van der Waals surface area contributed by atoms with Gasteiger partial charge in [-0.25, -0.2) is 4.79 Å². The van der Waals surface area contributed by atoms with Crippen LogP contribution in [-0.2, 0) is 16.1 Å². The molecule has 2 heterocycles. The van der Waals surface area contributed by atoms with E-state index in [-0.39, 0.29) is 5.91 Å². The molecule has 0 aromatic carbocycles. The highest BCUT2D eigenvalue weighted by Gasteiger charge is 2.35. The monoisotopic (exact) mass is 303 g/mol. The average Bonchev–Trinajstić information content (AvgIpc) is 2.76. The molecular weight excluding hydrogens is 294 g/mol. The minimum atomic E-state index is -0.915. The average molecular weight is 304 g/mol. The van der Waals surface area contributed by atoms with E-state index in [4.69, 9.17) is 5.11 Å². The van der Waals surface area contributed by atoms with Gasteiger partial charge in [-0.3, -0.25) is 4.79 Å². The minimum Gasteiger partial charge on any atom is -0.480 e. The maximum atomic E-state index is 11.6. The minimum absolute atomic E-state index is 0.0723. The smallest absolute Gasteiger partial charge is 0.326 e. The van der Waals surface area contributed by atoms with Gasteiger partial charge < -0.3 is 10.0 Å². The van der Waals surface area contributed by atoms with Crippen molar-refractivity contribution in [1.29, 1.82) is 0 Å². The Labute approximate surface area is 105 Å². The normalized spacial score (nSPS) is 20.4. The Balaban J connectivity index is 2.12. The van der Waals surface area contributed by atoms with Crippen LogP contribution in [-0.4, -0.2) is 27.9 Å². The summed E-state index contributed by atoms with van der Waals surface area (Å²) >= 11 is 4.85. The van der Waals surface area contributed by atoms with Gasteiger partial charge in [0.15, 0.2) is 0 Å². The largest absolute Gasteiger partial charge is 0.480 e. The van der Waals surface area contributed by atoms with Crippen LogP contribution in [0.2, 0.25) is 0 Å². The number of amides is 1. The number of halogens is 1. The van der Waals surface area contributed by atoms with E-state index in [1.54, 1.807) is 0 Å². The number of aliphatic carboxylic acids is 1. The predicted molar refractivity (Wildman–Crippen MR) is 63.2 cm³/mol. The van der Waals surface area contributed by atoms with Crippen LogP contribution in [0.25, 0.3) is 0 Å². The van der Waals surface area contributed by atoms with Crippen LogP contribution >= 0.6 is 27.3 Å². The van der Waals surface area contributed by atoms with Crippen LogP contribution in [0.5, 0.6) is 0 Å². The molecule has 1 fully saturated rings. The lowest BCUT2D eigenvalue weighted by atomic mass is 10.2. The number of carbonyl (C=O) groups excluding carboxylic acids is 1. The summed E-state index contributed by atoms with van der Waals surface area (Å²) < 4.78 is 0.964. The van der Waals surface area contributed by atoms with E-state index in [0.717, 1.165) is 9.35 Å². The molecule has 1 aromatic heterocycles. The first-order chi connectivity index (χ1) is 7.58. The van der Waals surface area contributed by atoms with Crippen molar-refractivity contribution in [3.05, 3.63) is 20.8 Å². The third-order valence-corrected chi connectivity index (χ3v) is 4.24. The molecule has 1 unspecified atom stereocenters. The molecule has 6 heteroatoms. The summed E-state index contributed by atoms with van der Waals surface area (Å²) in [4.78, 5) is 24.9. The molecule has 0 aliphatic carbocycles. The molecule has 1 N–H and O–H groups in total. The van der Waals surface area contributed by atoms with Gasteiger partial charge in [-0.15, -0.1) is 11.3 Å². The summed E-state index contributed by atoms with van der Waals surface area (Å²) in [6, 6.07) is 1.25. The molecule has 1 atom stereocenters. The molecular formula is C10H10BrNO3S. The molecule has 1 saturated heterocycles. The van der Waals surface area contributed by atoms with E-state index in [9.17, 15) is 9.59 Å². The second kappa shape index (κ2) is 4.55. The van der Waals surface area contributed by atoms with Crippen molar-refractivity contribution in [2.75, 3.05) is 0 Å². The van der Waals surface area contributed by atoms with Gasteiger partial charge in [-0.05, 0) is 28.4 Å². The zero-order chi connectivity index (χ0) is 11.7. The lowest BCUT2D eigenvalue weighted by molar-refractivity contribution is -0.146. The van der Waals surface area contributed by atoms with Crippen molar-refractivity contribution in [1.82, 2.24) is 4.90 Å². The summed E-state index contributed by atoms with van der Waals surface area (Å²) in [5.41, 5.74) is 0. The van der Waals surface area contributed by atoms with Crippen LogP contribution < -0.4 is 0 Å². The van der Waals surface area contributed by atoms with E-state index in [1.807, 2.05) is 11.4 Å². The van der Waals surface area contributed by atoms with Crippen molar-refractivity contribution in [3.8, 4) is 0 Å². The quantitative estimate of drug-likeness (QED) is 0.930. The highest BCUT2D eigenvalue weighted by molar-refractivity contribution is 9.10. The van der Waals surface area contributed by atoms with Gasteiger partial charge in [0, 0.05) is 21.2 Å². The lowest BCUT2D eigenvalue weighted by Gasteiger charge is -2.20. The van der Waals surface area contributed by atoms with Gasteiger partial charge in [0.05, 0.1) is 6.54 Å². The molecule has 4 nitrogen and oxygen atoms in total. The fourth-order valence-electron chi connectivity index (χ4n) is 1.79. The Morgan fingerprint density at radius 1 is 1.69 bits per heavy atom.